The molecule has 1 atom stereocenters. The van der Waals surface area contributed by atoms with Crippen LogP contribution in [0.2, 0.25) is 0 Å². The number of hydrogen-bond acceptors (Lipinski definition) is 3. The third kappa shape index (κ3) is 6.12. The monoisotopic (exact) mass is 339 g/mol. The molecule has 6 heteroatoms. The quantitative estimate of drug-likeness (QED) is 0.732. The van der Waals surface area contributed by atoms with Crippen LogP contribution in [0.1, 0.15) is 18.1 Å². The Morgan fingerprint density at radius 2 is 1.50 bits per heavy atom. The van der Waals surface area contributed by atoms with Gasteiger partial charge in [0.2, 0.25) is 0 Å². The van der Waals surface area contributed by atoms with E-state index in [0.717, 1.165) is 18.5 Å². The largest absolute Gasteiger partial charge is 0.573 e. The van der Waals surface area contributed by atoms with E-state index < -0.39 is 6.36 Å². The maximum absolute atomic E-state index is 12.2. The van der Waals surface area contributed by atoms with E-state index in [1.165, 1.54) is 24.3 Å². The van der Waals surface area contributed by atoms with Crippen molar-refractivity contribution in [3.63, 3.8) is 0 Å². The van der Waals surface area contributed by atoms with E-state index in [-0.39, 0.29) is 11.9 Å². The number of ether oxygens (including phenoxy) is 2. The molecule has 0 aliphatic carbocycles. The van der Waals surface area contributed by atoms with Gasteiger partial charge in [0.25, 0.3) is 0 Å². The van der Waals surface area contributed by atoms with Gasteiger partial charge in [-0.05, 0) is 43.9 Å². The molecule has 130 valence electrons. The molecule has 0 aromatic heterocycles. The molecular weight excluding hydrogens is 319 g/mol. The molecule has 24 heavy (non-hydrogen) atoms. The van der Waals surface area contributed by atoms with Crippen molar-refractivity contribution in [2.24, 2.45) is 0 Å². The molecule has 0 saturated heterocycles. The zero-order valence-electron chi connectivity index (χ0n) is 13.6. The van der Waals surface area contributed by atoms with Crippen LogP contribution in [0.25, 0.3) is 0 Å². The average molecular weight is 339 g/mol. The van der Waals surface area contributed by atoms with Crippen molar-refractivity contribution < 1.29 is 22.6 Å². The number of nitrogens with zero attached hydrogens (tertiary/aromatic N) is 1. The predicted molar refractivity (Wildman–Crippen MR) is 86.1 cm³/mol. The molecule has 2 aromatic rings. The average Bonchev–Trinajstić information content (AvgIpc) is 2.52. The molecule has 0 amide bonds. The molecule has 0 heterocycles. The standard InChI is InChI=1S/C18H20F3NO2/c1-22(2)13-12-17(14-6-4-3-5-7-14)23-15-8-10-16(11-9-15)24-18(19,20)21/h3-11,17H,12-13H2,1-2H3. The van der Waals surface area contributed by atoms with Crippen LogP contribution in [0.15, 0.2) is 54.6 Å². The lowest BCUT2D eigenvalue weighted by molar-refractivity contribution is -0.274. The Hall–Kier alpha value is -2.21. The van der Waals surface area contributed by atoms with Crippen molar-refractivity contribution in [3.05, 3.63) is 60.2 Å². The fourth-order valence-corrected chi connectivity index (χ4v) is 2.22. The van der Waals surface area contributed by atoms with Crippen LogP contribution in [-0.2, 0) is 0 Å². The molecule has 0 aliphatic heterocycles. The van der Waals surface area contributed by atoms with Crippen molar-refractivity contribution >= 4 is 0 Å². The molecule has 0 spiro atoms. The lowest BCUT2D eigenvalue weighted by Gasteiger charge is -2.21. The van der Waals surface area contributed by atoms with E-state index in [2.05, 4.69) is 9.64 Å². The minimum absolute atomic E-state index is 0.178. The van der Waals surface area contributed by atoms with Gasteiger partial charge in [-0.15, -0.1) is 13.2 Å². The maximum atomic E-state index is 12.2. The molecule has 0 bridgehead atoms. The Morgan fingerprint density at radius 1 is 0.917 bits per heavy atom. The molecule has 2 rings (SSSR count). The third-order valence-corrected chi connectivity index (χ3v) is 3.35. The normalized spacial score (nSPS) is 12.9. The van der Waals surface area contributed by atoms with Crippen molar-refractivity contribution in [3.8, 4) is 11.5 Å². The molecule has 0 saturated carbocycles. The number of rotatable bonds is 7. The van der Waals surface area contributed by atoms with Gasteiger partial charge in [0.05, 0.1) is 0 Å². The summed E-state index contributed by atoms with van der Waals surface area (Å²) in [5, 5.41) is 0. The first kappa shape index (κ1) is 18.1. The minimum atomic E-state index is -4.69. The van der Waals surface area contributed by atoms with Crippen LogP contribution < -0.4 is 9.47 Å². The summed E-state index contributed by atoms with van der Waals surface area (Å²) in [6.07, 6.45) is -4.11. The highest BCUT2D eigenvalue weighted by Gasteiger charge is 2.31. The molecule has 1 unspecified atom stereocenters. The van der Waals surface area contributed by atoms with Gasteiger partial charge in [-0.1, -0.05) is 30.3 Å². The van der Waals surface area contributed by atoms with Crippen LogP contribution in [-0.4, -0.2) is 31.9 Å². The number of hydrogen-bond donors (Lipinski definition) is 0. The first-order chi connectivity index (χ1) is 11.3. The summed E-state index contributed by atoms with van der Waals surface area (Å²) >= 11 is 0. The molecule has 0 radical (unpaired) electrons. The van der Waals surface area contributed by atoms with Crippen molar-refractivity contribution in [2.45, 2.75) is 18.9 Å². The first-order valence-electron chi connectivity index (χ1n) is 7.55. The smallest absolute Gasteiger partial charge is 0.486 e. The number of benzene rings is 2. The van der Waals surface area contributed by atoms with Crippen molar-refractivity contribution in [2.75, 3.05) is 20.6 Å². The molecule has 0 fully saturated rings. The Kier molecular flexibility index (Phi) is 6.09. The maximum Gasteiger partial charge on any atom is 0.573 e. The summed E-state index contributed by atoms with van der Waals surface area (Å²) in [5.74, 6) is 0.233. The molecule has 3 nitrogen and oxygen atoms in total. The van der Waals surface area contributed by atoms with Crippen LogP contribution in [0.5, 0.6) is 11.5 Å². The van der Waals surface area contributed by atoms with E-state index in [0.29, 0.717) is 5.75 Å². The van der Waals surface area contributed by atoms with Crippen LogP contribution >= 0.6 is 0 Å². The van der Waals surface area contributed by atoms with Gasteiger partial charge in [0.1, 0.15) is 17.6 Å². The van der Waals surface area contributed by atoms with Crippen LogP contribution in [0, 0.1) is 0 Å². The van der Waals surface area contributed by atoms with Gasteiger partial charge in [-0.2, -0.15) is 0 Å². The number of halogens is 3. The summed E-state index contributed by atoms with van der Waals surface area (Å²) < 4.78 is 46.4. The van der Waals surface area contributed by atoms with Gasteiger partial charge in [0, 0.05) is 13.0 Å². The zero-order valence-corrected chi connectivity index (χ0v) is 13.6. The van der Waals surface area contributed by atoms with E-state index >= 15 is 0 Å². The predicted octanol–water partition coefficient (Wildman–Crippen LogP) is 4.66. The number of alkyl halides is 3. The first-order valence-corrected chi connectivity index (χ1v) is 7.55. The molecule has 0 N–H and O–H groups in total. The zero-order chi connectivity index (χ0) is 17.6. The third-order valence-electron chi connectivity index (χ3n) is 3.35. The van der Waals surface area contributed by atoms with Crippen molar-refractivity contribution in [1.29, 1.82) is 0 Å². The molecule has 2 aromatic carbocycles. The molecule has 0 aliphatic rings. The second kappa shape index (κ2) is 8.06. The summed E-state index contributed by atoms with van der Waals surface area (Å²) in [5.41, 5.74) is 1.02. The highest BCUT2D eigenvalue weighted by molar-refractivity contribution is 5.32. The van der Waals surface area contributed by atoms with Crippen LogP contribution in [0.4, 0.5) is 13.2 Å². The fraction of sp³-hybridized carbons (Fsp3) is 0.333. The van der Waals surface area contributed by atoms with E-state index in [1.807, 2.05) is 44.4 Å². The summed E-state index contributed by atoms with van der Waals surface area (Å²) in [4.78, 5) is 2.06. The second-order valence-corrected chi connectivity index (χ2v) is 5.63. The minimum Gasteiger partial charge on any atom is -0.486 e. The van der Waals surface area contributed by atoms with Gasteiger partial charge in [0.15, 0.2) is 0 Å². The van der Waals surface area contributed by atoms with Crippen LogP contribution in [0.3, 0.4) is 0 Å². The van der Waals surface area contributed by atoms with Gasteiger partial charge < -0.3 is 14.4 Å². The SMILES string of the molecule is CN(C)CCC(Oc1ccc(OC(F)(F)F)cc1)c1ccccc1. The second-order valence-electron chi connectivity index (χ2n) is 5.63. The summed E-state index contributed by atoms with van der Waals surface area (Å²) in [6.45, 7) is 0.828. The fourth-order valence-electron chi connectivity index (χ4n) is 2.22. The van der Waals surface area contributed by atoms with Gasteiger partial charge >= 0.3 is 6.36 Å². The molecular formula is C18H20F3NO2. The topological polar surface area (TPSA) is 21.7 Å². The van der Waals surface area contributed by atoms with Gasteiger partial charge in [-0.25, -0.2) is 0 Å². The van der Waals surface area contributed by atoms with E-state index in [9.17, 15) is 13.2 Å². The summed E-state index contributed by atoms with van der Waals surface area (Å²) in [6, 6.07) is 15.2. The Bertz CT molecular complexity index is 612. The van der Waals surface area contributed by atoms with E-state index in [1.54, 1.807) is 0 Å². The Labute approximate surface area is 139 Å². The summed E-state index contributed by atoms with van der Waals surface area (Å²) in [7, 11) is 3.96. The Balaban J connectivity index is 2.08. The Morgan fingerprint density at radius 3 is 2.04 bits per heavy atom. The lowest BCUT2D eigenvalue weighted by Crippen LogP contribution is -2.19. The highest BCUT2D eigenvalue weighted by atomic mass is 19.4. The highest BCUT2D eigenvalue weighted by Crippen LogP contribution is 2.28. The van der Waals surface area contributed by atoms with Crippen molar-refractivity contribution in [1.82, 2.24) is 4.90 Å². The van der Waals surface area contributed by atoms with Gasteiger partial charge in [-0.3, -0.25) is 0 Å². The lowest BCUT2D eigenvalue weighted by atomic mass is 10.1. The van der Waals surface area contributed by atoms with E-state index in [4.69, 9.17) is 4.74 Å².